The highest BCUT2D eigenvalue weighted by atomic mass is 32.1. The number of nitrogens with one attached hydrogen (secondary N) is 1. The minimum atomic E-state index is -0.853. The molecular weight excluding hydrogens is 509 g/mol. The number of hydrogen-bond donors (Lipinski definition) is 2. The van der Waals surface area contributed by atoms with Crippen molar-refractivity contribution in [2.75, 3.05) is 32.4 Å². The van der Waals surface area contributed by atoms with Crippen molar-refractivity contribution in [2.24, 2.45) is 0 Å². The summed E-state index contributed by atoms with van der Waals surface area (Å²) in [7, 11) is 1.48. The third kappa shape index (κ3) is 4.62. The first-order valence-electron chi connectivity index (χ1n) is 12.0. The second-order valence-electron chi connectivity index (χ2n) is 9.08. The Labute approximate surface area is 222 Å². The molecule has 10 nitrogen and oxygen atoms in total. The van der Waals surface area contributed by atoms with Gasteiger partial charge in [-0.15, -0.1) is 6.42 Å². The quantitative estimate of drug-likeness (QED) is 0.464. The number of carbonyl (C=O) groups excluding carboxylic acids is 3. The van der Waals surface area contributed by atoms with Crippen LogP contribution in [0.15, 0.2) is 42.5 Å². The van der Waals surface area contributed by atoms with Crippen LogP contribution >= 0.6 is 11.3 Å². The molecular formula is C26H26FN7O3S. The number of halogens is 1. The third-order valence-corrected chi connectivity index (χ3v) is 7.64. The summed E-state index contributed by atoms with van der Waals surface area (Å²) in [6.45, 7) is 0.226. The number of anilines is 1. The molecule has 0 bridgehead atoms. The summed E-state index contributed by atoms with van der Waals surface area (Å²) in [5, 5.41) is 5.92. The van der Waals surface area contributed by atoms with Gasteiger partial charge < -0.3 is 20.9 Å². The first kappa shape index (κ1) is 25.4. The fourth-order valence-electron chi connectivity index (χ4n) is 5.08. The van der Waals surface area contributed by atoms with Crippen LogP contribution in [0.2, 0.25) is 0 Å². The molecule has 0 aliphatic carbocycles. The van der Waals surface area contributed by atoms with Gasteiger partial charge in [0.15, 0.2) is 5.13 Å². The average Bonchev–Trinajstić information content (AvgIpc) is 3.45. The predicted molar refractivity (Wildman–Crippen MR) is 141 cm³/mol. The smallest absolute Gasteiger partial charge is 0.332 e. The molecule has 0 unspecified atom stereocenters. The van der Waals surface area contributed by atoms with E-state index in [4.69, 9.17) is 12.2 Å². The van der Waals surface area contributed by atoms with E-state index in [0.717, 1.165) is 15.8 Å². The summed E-state index contributed by atoms with van der Waals surface area (Å²) in [6.07, 6.45) is 5.09. The van der Waals surface area contributed by atoms with Crippen molar-refractivity contribution in [2.45, 2.75) is 25.2 Å². The van der Waals surface area contributed by atoms with Crippen LogP contribution in [0.5, 0.6) is 0 Å². The molecule has 4 amide bonds. The Hall–Kier alpha value is -4.21. The van der Waals surface area contributed by atoms with E-state index in [1.54, 1.807) is 22.0 Å². The number of benzene rings is 2. The zero-order chi connectivity index (χ0) is 27.0. The summed E-state index contributed by atoms with van der Waals surface area (Å²) >= 11 is 1.37. The molecule has 1 aromatic heterocycles. The molecule has 0 radical (unpaired) electrons. The number of hydrogen-bond acceptors (Lipinski definition) is 7. The van der Waals surface area contributed by atoms with Gasteiger partial charge in [0, 0.05) is 20.0 Å². The van der Waals surface area contributed by atoms with Gasteiger partial charge in [-0.25, -0.2) is 19.2 Å². The Morgan fingerprint density at radius 3 is 2.76 bits per heavy atom. The molecule has 12 heteroatoms. The van der Waals surface area contributed by atoms with Gasteiger partial charge >= 0.3 is 6.03 Å². The molecule has 3 aromatic rings. The maximum Gasteiger partial charge on any atom is 0.332 e. The molecule has 2 fully saturated rings. The third-order valence-electron chi connectivity index (χ3n) is 6.79. The number of nitrogens with two attached hydrogens (primary N) is 1. The molecule has 3 heterocycles. The van der Waals surface area contributed by atoms with Crippen molar-refractivity contribution in [1.29, 1.82) is 0 Å². The van der Waals surface area contributed by atoms with Gasteiger partial charge in [0.1, 0.15) is 18.0 Å². The van der Waals surface area contributed by atoms with E-state index in [-0.39, 0.29) is 44.4 Å². The van der Waals surface area contributed by atoms with Crippen molar-refractivity contribution < 1.29 is 18.8 Å². The van der Waals surface area contributed by atoms with Crippen LogP contribution < -0.4 is 11.1 Å². The number of fused-ring (bicyclic) bond motifs is 2. The lowest BCUT2D eigenvalue weighted by Gasteiger charge is -2.46. The number of urea groups is 1. The molecule has 2 saturated heterocycles. The normalized spacial score (nSPS) is 19.5. The Balaban J connectivity index is 1.52. The topological polar surface area (TPSA) is 115 Å². The lowest BCUT2D eigenvalue weighted by Crippen LogP contribution is -2.66. The number of nitrogens with zero attached hydrogens (tertiary/aromatic N) is 5. The van der Waals surface area contributed by atoms with Crippen LogP contribution in [-0.2, 0) is 22.6 Å². The number of para-hydroxylation sites is 1. The maximum atomic E-state index is 13.9. The van der Waals surface area contributed by atoms with Crippen molar-refractivity contribution in [3.8, 4) is 12.3 Å². The molecule has 196 valence electrons. The Morgan fingerprint density at radius 2 is 2.05 bits per heavy atom. The zero-order valence-electron chi connectivity index (χ0n) is 20.6. The first-order chi connectivity index (χ1) is 18.3. The van der Waals surface area contributed by atoms with E-state index in [1.165, 1.54) is 40.4 Å². The molecule has 0 saturated carbocycles. The summed E-state index contributed by atoms with van der Waals surface area (Å²) in [5.41, 5.74) is 8.18. The molecule has 2 atom stereocenters. The van der Waals surface area contributed by atoms with Crippen molar-refractivity contribution in [3.05, 3.63) is 59.4 Å². The fourth-order valence-corrected chi connectivity index (χ4v) is 5.87. The molecule has 2 aliphatic heterocycles. The van der Waals surface area contributed by atoms with Crippen LogP contribution in [0.1, 0.15) is 11.1 Å². The Bertz CT molecular complexity index is 1440. The predicted octanol–water partition coefficient (Wildman–Crippen LogP) is 1.63. The number of amides is 4. The fraction of sp³-hybridized carbons (Fsp3) is 0.308. The van der Waals surface area contributed by atoms with Gasteiger partial charge in [0.05, 0.1) is 29.9 Å². The minimum absolute atomic E-state index is 0.0503. The van der Waals surface area contributed by atoms with Crippen molar-refractivity contribution in [1.82, 2.24) is 30.1 Å². The second-order valence-corrected chi connectivity index (χ2v) is 10.1. The zero-order valence-corrected chi connectivity index (χ0v) is 21.4. The van der Waals surface area contributed by atoms with Gasteiger partial charge in [-0.3, -0.25) is 9.59 Å². The van der Waals surface area contributed by atoms with E-state index in [0.29, 0.717) is 10.7 Å². The van der Waals surface area contributed by atoms with E-state index >= 15 is 0 Å². The number of rotatable bonds is 6. The average molecular weight is 536 g/mol. The van der Waals surface area contributed by atoms with E-state index < -0.39 is 24.1 Å². The molecule has 5 rings (SSSR count). The number of aromatic nitrogens is 1. The van der Waals surface area contributed by atoms with Crippen LogP contribution in [0.25, 0.3) is 10.2 Å². The van der Waals surface area contributed by atoms with Crippen LogP contribution in [-0.4, -0.2) is 81.5 Å². The van der Waals surface area contributed by atoms with E-state index in [9.17, 15) is 18.8 Å². The number of carbonyl (C=O) groups is 3. The van der Waals surface area contributed by atoms with Gasteiger partial charge in [0.2, 0.25) is 11.8 Å². The van der Waals surface area contributed by atoms with E-state index in [1.807, 2.05) is 18.2 Å². The number of terminal acetylenes is 1. The molecule has 2 aromatic carbocycles. The van der Waals surface area contributed by atoms with Gasteiger partial charge in [-0.05, 0) is 29.3 Å². The Kier molecular flexibility index (Phi) is 6.88. The maximum absolute atomic E-state index is 13.9. The summed E-state index contributed by atoms with van der Waals surface area (Å²) in [4.78, 5) is 47.5. The number of thiazole rings is 1. The van der Waals surface area contributed by atoms with Crippen LogP contribution in [0.4, 0.5) is 14.3 Å². The largest absolute Gasteiger partial charge is 0.375 e. The standard InChI is InChI=1S/C26H26FN7O3S/c1-3-11-32(26(37)29-2)33-15-22(35)34-19(12-16-7-9-18(27)10-8-16)24(36)31(14-21(33)34)13-17-5-4-6-20-23(17)30-25(28)38-20/h1,4-10,19,21H,11-15H2,2H3,(H2,28,30)(H,29,37)/t19-,21+/m0/s1. The highest BCUT2D eigenvalue weighted by Gasteiger charge is 2.52. The summed E-state index contributed by atoms with van der Waals surface area (Å²) in [6, 6.07) is 10.2. The SMILES string of the molecule is C#CCN(C(=O)NC)N1CC(=O)N2[C@@H](Cc3ccc(F)cc3)C(=O)N(Cc3cccc4sc(N)nc34)C[C@@H]21. The molecule has 2 aliphatic rings. The first-order valence-corrected chi connectivity index (χ1v) is 12.8. The monoisotopic (exact) mass is 535 g/mol. The van der Waals surface area contributed by atoms with Gasteiger partial charge in [-0.2, -0.15) is 5.01 Å². The Morgan fingerprint density at radius 1 is 1.29 bits per heavy atom. The highest BCUT2D eigenvalue weighted by molar-refractivity contribution is 7.22. The molecule has 0 spiro atoms. The van der Waals surface area contributed by atoms with Crippen LogP contribution in [0.3, 0.4) is 0 Å². The highest BCUT2D eigenvalue weighted by Crippen LogP contribution is 2.32. The number of hydrazine groups is 1. The lowest BCUT2D eigenvalue weighted by molar-refractivity contribution is -0.157. The van der Waals surface area contributed by atoms with Crippen molar-refractivity contribution in [3.63, 3.8) is 0 Å². The molecule has 3 N–H and O–H groups in total. The van der Waals surface area contributed by atoms with Gasteiger partial charge in [-0.1, -0.05) is 41.5 Å². The number of piperazine rings is 1. The van der Waals surface area contributed by atoms with Crippen molar-refractivity contribution >= 4 is 44.5 Å². The molecule has 38 heavy (non-hydrogen) atoms. The minimum Gasteiger partial charge on any atom is -0.375 e. The van der Waals surface area contributed by atoms with Gasteiger partial charge in [0.25, 0.3) is 0 Å². The lowest BCUT2D eigenvalue weighted by atomic mass is 10.00. The van der Waals surface area contributed by atoms with Crippen LogP contribution in [0, 0.1) is 18.2 Å². The summed E-state index contributed by atoms with van der Waals surface area (Å²) in [5.74, 6) is 1.53. The van der Waals surface area contributed by atoms with E-state index in [2.05, 4.69) is 16.2 Å². The number of nitrogen functional groups attached to an aromatic ring is 1. The summed E-state index contributed by atoms with van der Waals surface area (Å²) < 4.78 is 14.5. The second kappa shape index (κ2) is 10.3.